The minimum Gasteiger partial charge on any atom is -0.498 e. The summed E-state index contributed by atoms with van der Waals surface area (Å²) < 4.78 is 33.1. The van der Waals surface area contributed by atoms with Crippen molar-refractivity contribution >= 4 is 13.8 Å². The third kappa shape index (κ3) is 38.3. The molecule has 0 aliphatic carbocycles. The first kappa shape index (κ1) is 50.5. The summed E-state index contributed by atoms with van der Waals surface area (Å²) in [4.78, 5) is 22.5. The Hall–Kier alpha value is -1.48. The Bertz CT molecular complexity index is 908. The fraction of sp³-hybridized carbons (Fsp3) is 0.833. The molecule has 0 fully saturated rings. The van der Waals surface area contributed by atoms with Crippen LogP contribution in [0.2, 0.25) is 0 Å². The van der Waals surface area contributed by atoms with Gasteiger partial charge in [-0.1, -0.05) is 154 Å². The van der Waals surface area contributed by atoms with Gasteiger partial charge in [0.25, 0.3) is 0 Å². The molecule has 0 saturated heterocycles. The number of rotatable bonds is 40. The number of hydrogen-bond donors (Lipinski definition) is 3. The van der Waals surface area contributed by atoms with Gasteiger partial charge < -0.3 is 24.6 Å². The molecule has 0 radical (unpaired) electrons. The number of unbranched alkanes of at least 4 members (excludes halogenated alkanes) is 22. The lowest BCUT2D eigenvalue weighted by atomic mass is 10.0. The molecule has 0 aromatic rings. The lowest BCUT2D eigenvalue weighted by molar-refractivity contribution is -0.153. The molecule has 0 bridgehead atoms. The van der Waals surface area contributed by atoms with Crippen LogP contribution in [-0.2, 0) is 27.9 Å². The van der Waals surface area contributed by atoms with E-state index >= 15 is 0 Å². The number of allylic oxidation sites excluding steroid dienone is 5. The summed E-state index contributed by atoms with van der Waals surface area (Å²) in [6, 6.07) is 0. The highest BCUT2D eigenvalue weighted by Crippen LogP contribution is 2.43. The standard InChI is InChI=1S/C42H79O9P/c1-3-5-7-9-11-13-15-17-19-20-21-22-24-26-28-30-32-34-42(45)51-41(39-50-52(46,47)49-37-40(44)36-43)38-48-35-33-31-29-27-25-23-18-16-14-12-10-8-6-4-2/h11,13,17,19,33,35,40-41,43-44H,3-10,12,14-16,18,20-32,34,36-39H2,1-2H3,(H,46,47)/b13-11-,19-17-,35-33-/t40-,41+/m0/s1. The van der Waals surface area contributed by atoms with Gasteiger partial charge in [-0.25, -0.2) is 4.57 Å². The van der Waals surface area contributed by atoms with Crippen LogP contribution in [0.5, 0.6) is 0 Å². The van der Waals surface area contributed by atoms with Crippen molar-refractivity contribution in [2.75, 3.05) is 26.4 Å². The van der Waals surface area contributed by atoms with E-state index in [-0.39, 0.29) is 13.0 Å². The van der Waals surface area contributed by atoms with Crippen LogP contribution in [0.4, 0.5) is 0 Å². The van der Waals surface area contributed by atoms with Crippen molar-refractivity contribution in [2.24, 2.45) is 0 Å². The minimum atomic E-state index is -4.53. The van der Waals surface area contributed by atoms with Gasteiger partial charge in [0.05, 0.1) is 26.1 Å². The molecule has 10 heteroatoms. The summed E-state index contributed by atoms with van der Waals surface area (Å²) in [5.74, 6) is -0.412. The monoisotopic (exact) mass is 759 g/mol. The number of phosphoric acid groups is 1. The molecule has 306 valence electrons. The highest BCUT2D eigenvalue weighted by atomic mass is 31.2. The van der Waals surface area contributed by atoms with E-state index < -0.39 is 45.8 Å². The van der Waals surface area contributed by atoms with Crippen LogP contribution in [0.1, 0.15) is 187 Å². The van der Waals surface area contributed by atoms with E-state index in [1.807, 2.05) is 6.08 Å². The van der Waals surface area contributed by atoms with Crippen LogP contribution in [0.15, 0.2) is 36.6 Å². The second-order valence-electron chi connectivity index (χ2n) is 14.1. The van der Waals surface area contributed by atoms with Crippen LogP contribution in [0.3, 0.4) is 0 Å². The van der Waals surface area contributed by atoms with Crippen molar-refractivity contribution in [3.05, 3.63) is 36.6 Å². The third-order valence-electron chi connectivity index (χ3n) is 8.89. The zero-order valence-corrected chi connectivity index (χ0v) is 34.2. The average molecular weight is 759 g/mol. The molecule has 0 spiro atoms. The van der Waals surface area contributed by atoms with Gasteiger partial charge in [0.1, 0.15) is 12.7 Å². The van der Waals surface area contributed by atoms with Crippen molar-refractivity contribution in [1.29, 1.82) is 0 Å². The molecule has 0 rings (SSSR count). The van der Waals surface area contributed by atoms with Crippen LogP contribution in [0, 0.1) is 0 Å². The molecule has 0 aromatic heterocycles. The Morgan fingerprint density at radius 1 is 0.596 bits per heavy atom. The molecule has 3 atom stereocenters. The summed E-state index contributed by atoms with van der Waals surface area (Å²) in [7, 11) is -4.53. The van der Waals surface area contributed by atoms with Crippen LogP contribution >= 0.6 is 7.82 Å². The van der Waals surface area contributed by atoms with Crippen LogP contribution in [-0.4, -0.2) is 59.7 Å². The lowest BCUT2D eigenvalue weighted by Crippen LogP contribution is -2.28. The Morgan fingerprint density at radius 3 is 1.58 bits per heavy atom. The second kappa shape index (κ2) is 39.2. The molecule has 3 N–H and O–H groups in total. The topological polar surface area (TPSA) is 132 Å². The quantitative estimate of drug-likeness (QED) is 0.0184. The number of esters is 1. The molecular formula is C42H79O9P. The predicted octanol–water partition coefficient (Wildman–Crippen LogP) is 11.6. The summed E-state index contributed by atoms with van der Waals surface area (Å²) in [5, 5.41) is 18.3. The normalized spacial score (nSPS) is 14.4. The van der Waals surface area contributed by atoms with Crippen molar-refractivity contribution in [2.45, 2.75) is 199 Å². The van der Waals surface area contributed by atoms with Gasteiger partial charge in [-0.3, -0.25) is 13.8 Å². The van der Waals surface area contributed by atoms with E-state index in [2.05, 4.69) is 38.2 Å². The van der Waals surface area contributed by atoms with Gasteiger partial charge in [0.2, 0.25) is 0 Å². The first-order valence-electron chi connectivity index (χ1n) is 21.0. The van der Waals surface area contributed by atoms with E-state index in [4.69, 9.17) is 23.6 Å². The van der Waals surface area contributed by atoms with Crippen LogP contribution in [0.25, 0.3) is 0 Å². The molecule has 1 unspecified atom stereocenters. The zero-order valence-electron chi connectivity index (χ0n) is 33.3. The molecule has 0 aliphatic rings. The summed E-state index contributed by atoms with van der Waals surface area (Å²) in [6.07, 6.45) is 41.8. The first-order chi connectivity index (χ1) is 25.3. The van der Waals surface area contributed by atoms with Gasteiger partial charge in [0.15, 0.2) is 6.10 Å². The first-order valence-corrected chi connectivity index (χ1v) is 22.5. The second-order valence-corrected chi connectivity index (χ2v) is 15.5. The van der Waals surface area contributed by atoms with Crippen molar-refractivity contribution in [1.82, 2.24) is 0 Å². The van der Waals surface area contributed by atoms with Crippen molar-refractivity contribution in [3.63, 3.8) is 0 Å². The van der Waals surface area contributed by atoms with Crippen molar-refractivity contribution in [3.8, 4) is 0 Å². The maximum absolute atomic E-state index is 12.6. The maximum Gasteiger partial charge on any atom is 0.472 e. The SMILES string of the molecule is CCCCC/C=C\C/C=C\CCCCCCCCCC(=O)O[C@H](CO/C=C\CCCCCCCCCCCCCC)COP(=O)(O)OC[C@@H](O)CO. The number of aliphatic hydroxyl groups is 2. The molecule has 0 aromatic carbocycles. The van der Waals surface area contributed by atoms with E-state index in [9.17, 15) is 19.4 Å². The summed E-state index contributed by atoms with van der Waals surface area (Å²) in [5.41, 5.74) is 0. The van der Waals surface area contributed by atoms with E-state index in [0.29, 0.717) is 6.42 Å². The molecule has 0 aliphatic heterocycles. The van der Waals surface area contributed by atoms with Crippen LogP contribution < -0.4 is 0 Å². The Kier molecular flexibility index (Phi) is 38.1. The highest BCUT2D eigenvalue weighted by molar-refractivity contribution is 7.47. The number of carbonyl (C=O) groups is 1. The molecular weight excluding hydrogens is 679 g/mol. The third-order valence-corrected chi connectivity index (χ3v) is 9.84. The van der Waals surface area contributed by atoms with Gasteiger partial charge in [-0.2, -0.15) is 0 Å². The lowest BCUT2D eigenvalue weighted by Gasteiger charge is -2.20. The highest BCUT2D eigenvalue weighted by Gasteiger charge is 2.26. The fourth-order valence-electron chi connectivity index (χ4n) is 5.64. The Morgan fingerprint density at radius 2 is 1.04 bits per heavy atom. The molecule has 0 heterocycles. The fourth-order valence-corrected chi connectivity index (χ4v) is 6.43. The minimum absolute atomic E-state index is 0.0368. The number of ether oxygens (including phenoxy) is 2. The zero-order chi connectivity index (χ0) is 38.2. The van der Waals surface area contributed by atoms with Gasteiger partial charge >= 0.3 is 13.8 Å². The smallest absolute Gasteiger partial charge is 0.472 e. The van der Waals surface area contributed by atoms with E-state index in [1.165, 1.54) is 116 Å². The largest absolute Gasteiger partial charge is 0.498 e. The Balaban J connectivity index is 4.25. The molecule has 9 nitrogen and oxygen atoms in total. The predicted molar refractivity (Wildman–Crippen MR) is 214 cm³/mol. The maximum atomic E-state index is 12.6. The number of phosphoric ester groups is 1. The van der Waals surface area contributed by atoms with Gasteiger partial charge in [-0.05, 0) is 57.4 Å². The molecule has 0 amide bonds. The van der Waals surface area contributed by atoms with Gasteiger partial charge in [-0.15, -0.1) is 0 Å². The summed E-state index contributed by atoms with van der Waals surface area (Å²) >= 11 is 0. The number of carbonyl (C=O) groups excluding carboxylic acids is 1. The van der Waals surface area contributed by atoms with E-state index in [1.54, 1.807) is 6.26 Å². The van der Waals surface area contributed by atoms with Gasteiger partial charge in [0, 0.05) is 6.42 Å². The summed E-state index contributed by atoms with van der Waals surface area (Å²) in [6.45, 7) is 2.85. The molecule has 52 heavy (non-hydrogen) atoms. The van der Waals surface area contributed by atoms with Crippen molar-refractivity contribution < 1.29 is 43.0 Å². The molecule has 0 saturated carbocycles. The van der Waals surface area contributed by atoms with E-state index in [0.717, 1.165) is 44.9 Å². The number of aliphatic hydroxyl groups excluding tert-OH is 2. The average Bonchev–Trinajstić information content (AvgIpc) is 3.13. The Labute approximate surface area is 318 Å². The number of hydrogen-bond acceptors (Lipinski definition) is 8.